The van der Waals surface area contributed by atoms with Gasteiger partial charge in [0.1, 0.15) is 5.75 Å². The molecule has 0 fully saturated rings. The summed E-state index contributed by atoms with van der Waals surface area (Å²) in [5, 5.41) is 4.70. The number of rotatable bonds is 4. The van der Waals surface area contributed by atoms with E-state index < -0.39 is 0 Å². The topological polar surface area (TPSA) is 53.9 Å². The molecule has 1 aliphatic rings. The van der Waals surface area contributed by atoms with Gasteiger partial charge in [-0.1, -0.05) is 18.5 Å². The molecule has 1 unspecified atom stereocenters. The number of carbonyl (C=O) groups excluding carboxylic acids is 1. The number of fused-ring (bicyclic) bond motifs is 1. The van der Waals surface area contributed by atoms with Crippen LogP contribution in [0.3, 0.4) is 0 Å². The Labute approximate surface area is 171 Å². The summed E-state index contributed by atoms with van der Waals surface area (Å²) in [5.41, 5.74) is 6.31. The van der Waals surface area contributed by atoms with Gasteiger partial charge >= 0.3 is 0 Å². The Hall–Kier alpha value is -2.53. The third-order valence-corrected chi connectivity index (χ3v) is 5.80. The first-order chi connectivity index (χ1) is 13.2. The van der Waals surface area contributed by atoms with Crippen molar-refractivity contribution in [3.05, 3.63) is 58.1 Å². The predicted molar refractivity (Wildman–Crippen MR) is 115 cm³/mol. The number of hydrogen-bond donors (Lipinski definition) is 1. The van der Waals surface area contributed by atoms with Crippen molar-refractivity contribution < 1.29 is 9.53 Å². The van der Waals surface area contributed by atoms with Crippen LogP contribution in [0.15, 0.2) is 41.5 Å². The molecule has 0 saturated heterocycles. The molecule has 1 heterocycles. The lowest BCUT2D eigenvalue weighted by Crippen LogP contribution is -2.45. The summed E-state index contributed by atoms with van der Waals surface area (Å²) in [4.78, 5) is 14.5. The van der Waals surface area contributed by atoms with E-state index in [1.807, 2.05) is 6.07 Å². The minimum absolute atomic E-state index is 0.0810. The number of nitrogens with zero attached hydrogens (tertiary/aromatic N) is 2. The van der Waals surface area contributed by atoms with Crippen molar-refractivity contribution >= 4 is 29.4 Å². The Balaban J connectivity index is 1.77. The fourth-order valence-corrected chi connectivity index (χ4v) is 3.88. The van der Waals surface area contributed by atoms with Crippen LogP contribution in [0.2, 0.25) is 5.02 Å². The maximum atomic E-state index is 12.2. The van der Waals surface area contributed by atoms with Gasteiger partial charge in [-0.25, -0.2) is 5.43 Å². The molecular formula is C22H26ClN3O2. The van der Waals surface area contributed by atoms with Gasteiger partial charge < -0.3 is 9.64 Å². The number of carbonyl (C=O) groups is 1. The molecule has 5 nitrogen and oxygen atoms in total. The van der Waals surface area contributed by atoms with E-state index in [2.05, 4.69) is 49.3 Å². The number of nitrogens with one attached hydrogen (secondary N) is 1. The molecule has 6 heteroatoms. The summed E-state index contributed by atoms with van der Waals surface area (Å²) in [6.07, 6.45) is 2.65. The Morgan fingerprint density at radius 3 is 2.64 bits per heavy atom. The quantitative estimate of drug-likeness (QED) is 0.591. The molecule has 148 valence electrons. The largest absolute Gasteiger partial charge is 0.497 e. The van der Waals surface area contributed by atoms with E-state index in [-0.39, 0.29) is 11.4 Å². The molecule has 28 heavy (non-hydrogen) atoms. The van der Waals surface area contributed by atoms with E-state index in [1.54, 1.807) is 37.6 Å². The Morgan fingerprint density at radius 2 is 2.00 bits per heavy atom. The SMILES string of the molecule is COc1ccc(C(=O)N/N=C/c2cc3c(cc2Cl)N(C)C(C)(C)CC3C)cc1. The molecule has 1 N–H and O–H groups in total. The number of hydrogen-bond acceptors (Lipinski definition) is 4. The second-order valence-electron chi connectivity index (χ2n) is 7.84. The van der Waals surface area contributed by atoms with Crippen LogP contribution in [0.5, 0.6) is 5.75 Å². The van der Waals surface area contributed by atoms with Crippen LogP contribution in [0.4, 0.5) is 5.69 Å². The minimum Gasteiger partial charge on any atom is -0.497 e. The van der Waals surface area contributed by atoms with Gasteiger partial charge in [0.25, 0.3) is 5.91 Å². The highest BCUT2D eigenvalue weighted by Gasteiger charge is 2.34. The van der Waals surface area contributed by atoms with E-state index >= 15 is 0 Å². The summed E-state index contributed by atoms with van der Waals surface area (Å²) >= 11 is 6.49. The van der Waals surface area contributed by atoms with Gasteiger partial charge in [0.05, 0.1) is 18.3 Å². The average Bonchev–Trinajstić information content (AvgIpc) is 2.66. The van der Waals surface area contributed by atoms with Crippen LogP contribution in [-0.4, -0.2) is 31.8 Å². The van der Waals surface area contributed by atoms with E-state index in [4.69, 9.17) is 16.3 Å². The molecule has 0 bridgehead atoms. The number of methoxy groups -OCH3 is 1. The van der Waals surface area contributed by atoms with Crippen LogP contribution in [-0.2, 0) is 0 Å². The number of benzene rings is 2. The third kappa shape index (κ3) is 3.99. The standard InChI is InChI=1S/C22H26ClN3O2/c1-14-12-22(2,3)26(4)20-11-19(23)16(10-18(14)20)13-24-25-21(27)15-6-8-17(28-5)9-7-15/h6-11,13-14H,12H2,1-5H3,(H,25,27)/b24-13+. The van der Waals surface area contributed by atoms with Gasteiger partial charge in [0.2, 0.25) is 0 Å². The van der Waals surface area contributed by atoms with Crippen LogP contribution in [0, 0.1) is 0 Å². The first-order valence-electron chi connectivity index (χ1n) is 9.27. The molecule has 1 aliphatic heterocycles. The van der Waals surface area contributed by atoms with Crippen molar-refractivity contribution in [2.75, 3.05) is 19.1 Å². The minimum atomic E-state index is -0.289. The summed E-state index contributed by atoms with van der Waals surface area (Å²) in [6.45, 7) is 6.71. The Kier molecular flexibility index (Phi) is 5.66. The summed E-state index contributed by atoms with van der Waals surface area (Å²) in [7, 11) is 3.69. The molecule has 0 saturated carbocycles. The van der Waals surface area contributed by atoms with Gasteiger partial charge in [0, 0.05) is 29.4 Å². The summed E-state index contributed by atoms with van der Waals surface area (Å²) < 4.78 is 5.10. The average molecular weight is 400 g/mol. The second kappa shape index (κ2) is 7.84. The lowest BCUT2D eigenvalue weighted by Gasteiger charge is -2.45. The molecule has 0 aliphatic carbocycles. The summed E-state index contributed by atoms with van der Waals surface area (Å²) in [5.74, 6) is 0.825. The third-order valence-electron chi connectivity index (χ3n) is 5.47. The maximum absolute atomic E-state index is 12.2. The predicted octanol–water partition coefficient (Wildman–Crippen LogP) is 4.83. The second-order valence-corrected chi connectivity index (χ2v) is 8.24. The molecule has 0 radical (unpaired) electrons. The van der Waals surface area contributed by atoms with Gasteiger partial charge in [-0.05, 0) is 68.1 Å². The lowest BCUT2D eigenvalue weighted by atomic mass is 9.80. The number of amides is 1. The molecular weight excluding hydrogens is 374 g/mol. The van der Waals surface area contributed by atoms with Crippen molar-refractivity contribution in [2.45, 2.75) is 38.6 Å². The zero-order valence-corrected chi connectivity index (χ0v) is 17.7. The zero-order valence-electron chi connectivity index (χ0n) is 16.9. The molecule has 3 rings (SSSR count). The Bertz CT molecular complexity index is 907. The van der Waals surface area contributed by atoms with Gasteiger partial charge in [0.15, 0.2) is 0 Å². The lowest BCUT2D eigenvalue weighted by molar-refractivity contribution is 0.0955. The van der Waals surface area contributed by atoms with Crippen LogP contribution in [0.25, 0.3) is 0 Å². The first-order valence-corrected chi connectivity index (χ1v) is 9.65. The molecule has 0 spiro atoms. The van der Waals surface area contributed by atoms with E-state index in [0.717, 1.165) is 17.7 Å². The van der Waals surface area contributed by atoms with Crippen LogP contribution in [0.1, 0.15) is 54.6 Å². The van der Waals surface area contributed by atoms with Crippen molar-refractivity contribution in [3.63, 3.8) is 0 Å². The van der Waals surface area contributed by atoms with Gasteiger partial charge in [-0.3, -0.25) is 4.79 Å². The number of ether oxygens (including phenoxy) is 1. The fraction of sp³-hybridized carbons (Fsp3) is 0.364. The Morgan fingerprint density at radius 1 is 1.32 bits per heavy atom. The monoisotopic (exact) mass is 399 g/mol. The summed E-state index contributed by atoms with van der Waals surface area (Å²) in [6, 6.07) is 10.9. The number of anilines is 1. The van der Waals surface area contributed by atoms with Crippen molar-refractivity contribution in [1.29, 1.82) is 0 Å². The first kappa shape index (κ1) is 20.2. The highest BCUT2D eigenvalue weighted by atomic mass is 35.5. The molecule has 2 aromatic rings. The number of halogens is 1. The van der Waals surface area contributed by atoms with Gasteiger partial charge in [-0.2, -0.15) is 5.10 Å². The normalized spacial score (nSPS) is 18.1. The van der Waals surface area contributed by atoms with E-state index in [1.165, 1.54) is 5.56 Å². The maximum Gasteiger partial charge on any atom is 0.271 e. The van der Waals surface area contributed by atoms with Gasteiger partial charge in [-0.15, -0.1) is 0 Å². The number of hydrazone groups is 1. The molecule has 0 aromatic heterocycles. The van der Waals surface area contributed by atoms with E-state index in [0.29, 0.717) is 22.3 Å². The smallest absolute Gasteiger partial charge is 0.271 e. The zero-order chi connectivity index (χ0) is 20.5. The van der Waals surface area contributed by atoms with Crippen molar-refractivity contribution in [2.24, 2.45) is 5.10 Å². The fourth-order valence-electron chi connectivity index (χ4n) is 3.67. The van der Waals surface area contributed by atoms with Crippen LogP contribution < -0.4 is 15.1 Å². The molecule has 1 atom stereocenters. The molecule has 1 amide bonds. The molecule has 2 aromatic carbocycles. The van der Waals surface area contributed by atoms with Crippen molar-refractivity contribution in [1.82, 2.24) is 5.43 Å². The van der Waals surface area contributed by atoms with Crippen LogP contribution >= 0.6 is 11.6 Å². The highest BCUT2D eigenvalue weighted by molar-refractivity contribution is 6.33. The van der Waals surface area contributed by atoms with Crippen molar-refractivity contribution in [3.8, 4) is 5.75 Å². The highest BCUT2D eigenvalue weighted by Crippen LogP contribution is 2.44. The van der Waals surface area contributed by atoms with E-state index in [9.17, 15) is 4.79 Å².